The number of methoxy groups -OCH3 is 1. The van der Waals surface area contributed by atoms with Crippen molar-refractivity contribution in [2.45, 2.75) is 13.7 Å². The van der Waals surface area contributed by atoms with Crippen LogP contribution in [0, 0.1) is 10.5 Å². The Morgan fingerprint density at radius 2 is 2.29 bits per heavy atom. The Hall–Kier alpha value is -0.690. The summed E-state index contributed by atoms with van der Waals surface area (Å²) in [5.74, 6) is 0. The van der Waals surface area contributed by atoms with E-state index in [9.17, 15) is 0 Å². The highest BCUT2D eigenvalue weighted by atomic mass is 127. The van der Waals surface area contributed by atoms with Crippen molar-refractivity contribution in [2.75, 3.05) is 7.11 Å². The molecular weight excluding hydrogens is 293 g/mol. The molecular formula is C9H10IN3O. The minimum Gasteiger partial charge on any atom is -0.364 e. The largest absolute Gasteiger partial charge is 0.364 e. The van der Waals surface area contributed by atoms with E-state index in [1.807, 2.05) is 17.7 Å². The summed E-state index contributed by atoms with van der Waals surface area (Å²) in [5.41, 5.74) is 1.94. The zero-order valence-electron chi connectivity index (χ0n) is 7.99. The Morgan fingerprint density at radius 1 is 1.50 bits per heavy atom. The molecule has 0 aliphatic rings. The maximum Gasteiger partial charge on any atom is 0.146 e. The third kappa shape index (κ3) is 1.50. The summed E-state index contributed by atoms with van der Waals surface area (Å²) in [6.07, 6.45) is 3.61. The number of hydrogen-bond acceptors (Lipinski definition) is 3. The third-order valence-electron chi connectivity index (χ3n) is 2.07. The third-order valence-corrected chi connectivity index (χ3v) is 2.88. The van der Waals surface area contributed by atoms with Crippen molar-refractivity contribution in [1.29, 1.82) is 0 Å². The molecule has 4 nitrogen and oxygen atoms in total. The molecule has 2 aromatic heterocycles. The summed E-state index contributed by atoms with van der Waals surface area (Å²) in [5, 5.41) is 1.12. The topological polar surface area (TPSA) is 39.9 Å². The van der Waals surface area contributed by atoms with Gasteiger partial charge in [0.2, 0.25) is 0 Å². The molecule has 0 unspecified atom stereocenters. The van der Waals surface area contributed by atoms with Gasteiger partial charge in [-0.1, -0.05) is 0 Å². The fourth-order valence-corrected chi connectivity index (χ4v) is 2.43. The molecule has 0 spiro atoms. The Balaban J connectivity index is 2.71. The highest BCUT2D eigenvalue weighted by Gasteiger charge is 2.09. The molecule has 0 saturated heterocycles. The Bertz CT molecular complexity index is 466. The van der Waals surface area contributed by atoms with Gasteiger partial charge in [-0.2, -0.15) is 0 Å². The quantitative estimate of drug-likeness (QED) is 0.796. The first-order valence-electron chi connectivity index (χ1n) is 4.19. The average Bonchev–Trinajstić information content (AvgIpc) is 2.46. The molecule has 2 heterocycles. The van der Waals surface area contributed by atoms with E-state index in [0.29, 0.717) is 6.73 Å². The lowest BCUT2D eigenvalue weighted by atomic mass is 10.3. The van der Waals surface area contributed by atoms with Gasteiger partial charge in [0.05, 0.1) is 11.1 Å². The fourth-order valence-electron chi connectivity index (χ4n) is 1.46. The fraction of sp³-hybridized carbons (Fsp3) is 0.333. The van der Waals surface area contributed by atoms with E-state index >= 15 is 0 Å². The minimum atomic E-state index is 0.524. The van der Waals surface area contributed by atoms with E-state index in [-0.39, 0.29) is 0 Å². The van der Waals surface area contributed by atoms with Crippen LogP contribution < -0.4 is 0 Å². The van der Waals surface area contributed by atoms with Crippen LogP contribution in [0.15, 0.2) is 12.5 Å². The van der Waals surface area contributed by atoms with E-state index in [1.54, 1.807) is 13.4 Å². The minimum absolute atomic E-state index is 0.524. The second kappa shape index (κ2) is 3.82. The van der Waals surface area contributed by atoms with Crippen molar-refractivity contribution in [3.8, 4) is 0 Å². The SMILES string of the molecule is COCn1cc(I)c2c(C)ncnc21. The van der Waals surface area contributed by atoms with Gasteiger partial charge in [-0.3, -0.25) is 0 Å². The molecule has 74 valence electrons. The van der Waals surface area contributed by atoms with Gasteiger partial charge in [0, 0.05) is 16.9 Å². The predicted molar refractivity (Wildman–Crippen MR) is 62.0 cm³/mol. The van der Waals surface area contributed by atoms with E-state index in [4.69, 9.17) is 4.74 Å². The molecule has 0 radical (unpaired) electrons. The molecule has 5 heteroatoms. The lowest BCUT2D eigenvalue weighted by molar-refractivity contribution is 0.134. The molecule has 0 aliphatic heterocycles. The number of hydrogen-bond donors (Lipinski definition) is 0. The number of nitrogens with zero attached hydrogens (tertiary/aromatic N) is 3. The van der Waals surface area contributed by atoms with E-state index in [2.05, 4.69) is 32.6 Å². The van der Waals surface area contributed by atoms with Crippen LogP contribution in [0.5, 0.6) is 0 Å². The number of halogens is 1. The number of ether oxygens (including phenoxy) is 1. The summed E-state index contributed by atoms with van der Waals surface area (Å²) in [6.45, 7) is 2.51. The Labute approximate surface area is 95.4 Å². The summed E-state index contributed by atoms with van der Waals surface area (Å²) in [4.78, 5) is 8.42. The van der Waals surface area contributed by atoms with Crippen molar-refractivity contribution < 1.29 is 4.74 Å². The normalized spacial score (nSPS) is 11.1. The van der Waals surface area contributed by atoms with Gasteiger partial charge in [-0.05, 0) is 29.5 Å². The zero-order valence-corrected chi connectivity index (χ0v) is 10.1. The zero-order chi connectivity index (χ0) is 10.1. The molecule has 0 atom stereocenters. The van der Waals surface area contributed by atoms with Gasteiger partial charge in [0.15, 0.2) is 0 Å². The van der Waals surface area contributed by atoms with E-state index < -0.39 is 0 Å². The predicted octanol–water partition coefficient (Wildman–Crippen LogP) is 1.95. The summed E-state index contributed by atoms with van der Waals surface area (Å²) in [6, 6.07) is 0. The molecule has 0 bridgehead atoms. The van der Waals surface area contributed by atoms with Crippen LogP contribution >= 0.6 is 22.6 Å². The highest BCUT2D eigenvalue weighted by Crippen LogP contribution is 2.22. The second-order valence-electron chi connectivity index (χ2n) is 3.02. The van der Waals surface area contributed by atoms with Gasteiger partial charge >= 0.3 is 0 Å². The molecule has 14 heavy (non-hydrogen) atoms. The summed E-state index contributed by atoms with van der Waals surface area (Å²) in [7, 11) is 1.67. The van der Waals surface area contributed by atoms with E-state index in [1.165, 1.54) is 0 Å². The maximum absolute atomic E-state index is 5.09. The first-order valence-corrected chi connectivity index (χ1v) is 5.26. The lowest BCUT2D eigenvalue weighted by Crippen LogP contribution is -1.99. The first kappa shape index (κ1) is 9.85. The molecule has 0 N–H and O–H groups in total. The van der Waals surface area contributed by atoms with Gasteiger partial charge in [0.25, 0.3) is 0 Å². The van der Waals surface area contributed by atoms with Crippen LogP contribution in [0.1, 0.15) is 5.69 Å². The van der Waals surface area contributed by atoms with Crippen LogP contribution in [0.2, 0.25) is 0 Å². The van der Waals surface area contributed by atoms with Crippen molar-refractivity contribution in [3.63, 3.8) is 0 Å². The molecule has 2 aromatic rings. The van der Waals surface area contributed by atoms with Crippen LogP contribution in [-0.2, 0) is 11.5 Å². The highest BCUT2D eigenvalue weighted by molar-refractivity contribution is 14.1. The smallest absolute Gasteiger partial charge is 0.146 e. The number of aryl methyl sites for hydroxylation is 1. The van der Waals surface area contributed by atoms with Crippen molar-refractivity contribution in [2.24, 2.45) is 0 Å². The second-order valence-corrected chi connectivity index (χ2v) is 4.18. The number of aromatic nitrogens is 3. The molecule has 0 aromatic carbocycles. The van der Waals surface area contributed by atoms with Gasteiger partial charge in [-0.25, -0.2) is 9.97 Å². The molecule has 0 amide bonds. The van der Waals surface area contributed by atoms with Gasteiger partial charge in [-0.15, -0.1) is 0 Å². The molecule has 0 fully saturated rings. The van der Waals surface area contributed by atoms with Gasteiger partial charge in [0.1, 0.15) is 18.7 Å². The van der Waals surface area contributed by atoms with Crippen LogP contribution in [0.4, 0.5) is 0 Å². The van der Waals surface area contributed by atoms with Crippen molar-refractivity contribution >= 4 is 33.6 Å². The summed E-state index contributed by atoms with van der Waals surface area (Å²) >= 11 is 2.29. The summed E-state index contributed by atoms with van der Waals surface area (Å²) < 4.78 is 8.23. The Morgan fingerprint density at radius 3 is 3.00 bits per heavy atom. The van der Waals surface area contributed by atoms with Crippen molar-refractivity contribution in [3.05, 3.63) is 21.8 Å². The average molecular weight is 303 g/mol. The van der Waals surface area contributed by atoms with Crippen LogP contribution in [-0.4, -0.2) is 21.6 Å². The molecule has 2 rings (SSSR count). The standard InChI is InChI=1S/C9H10IN3O/c1-6-8-7(10)3-13(5-14-2)9(8)12-4-11-6/h3-4H,5H2,1-2H3. The lowest BCUT2D eigenvalue weighted by Gasteiger charge is -2.01. The molecule has 0 saturated carbocycles. The van der Waals surface area contributed by atoms with Crippen LogP contribution in [0.25, 0.3) is 11.0 Å². The van der Waals surface area contributed by atoms with Gasteiger partial charge < -0.3 is 9.30 Å². The molecule has 0 aliphatic carbocycles. The van der Waals surface area contributed by atoms with E-state index in [0.717, 1.165) is 20.3 Å². The monoisotopic (exact) mass is 303 g/mol. The van der Waals surface area contributed by atoms with Crippen LogP contribution in [0.3, 0.4) is 0 Å². The number of fused-ring (bicyclic) bond motifs is 1. The number of rotatable bonds is 2. The maximum atomic E-state index is 5.09. The van der Waals surface area contributed by atoms with Crippen molar-refractivity contribution in [1.82, 2.24) is 14.5 Å². The first-order chi connectivity index (χ1) is 6.74. The Kier molecular flexibility index (Phi) is 2.69.